The van der Waals surface area contributed by atoms with Crippen LogP contribution in [0.15, 0.2) is 40.9 Å². The molecule has 2 aromatic carbocycles. The fourth-order valence-corrected chi connectivity index (χ4v) is 2.19. The van der Waals surface area contributed by atoms with Crippen molar-refractivity contribution >= 4 is 27.5 Å². The minimum Gasteiger partial charge on any atom is -0.490 e. The van der Waals surface area contributed by atoms with Gasteiger partial charge in [0, 0.05) is 5.02 Å². The molecule has 0 bridgehead atoms. The van der Waals surface area contributed by atoms with E-state index in [2.05, 4.69) is 15.9 Å². The Kier molecular flexibility index (Phi) is 4.96. The number of rotatable bonds is 4. The Bertz CT molecular complexity index is 622. The Labute approximate surface area is 128 Å². The monoisotopic (exact) mass is 362 g/mol. The molecule has 0 heterocycles. The molecular weight excluding hydrogens is 354 g/mol. The lowest BCUT2D eigenvalue weighted by atomic mass is 10.1. The quantitative estimate of drug-likeness (QED) is 0.811. The van der Waals surface area contributed by atoms with Crippen molar-refractivity contribution in [3.63, 3.8) is 0 Å². The normalized spacial score (nSPS) is 12.2. The van der Waals surface area contributed by atoms with Crippen molar-refractivity contribution < 1.29 is 18.6 Å². The molecule has 106 valence electrons. The number of aliphatic hydroxyl groups is 1. The van der Waals surface area contributed by atoms with Crippen molar-refractivity contribution in [1.82, 2.24) is 0 Å². The summed E-state index contributed by atoms with van der Waals surface area (Å²) in [6, 6.07) is 8.82. The number of benzene rings is 2. The third-order valence-electron chi connectivity index (χ3n) is 2.62. The molecule has 0 aliphatic heterocycles. The maximum atomic E-state index is 13.8. The first-order valence-corrected chi connectivity index (χ1v) is 6.86. The van der Waals surface area contributed by atoms with E-state index in [-0.39, 0.29) is 11.1 Å². The van der Waals surface area contributed by atoms with Crippen LogP contribution in [-0.4, -0.2) is 11.7 Å². The van der Waals surface area contributed by atoms with Crippen LogP contribution in [0.4, 0.5) is 8.78 Å². The Balaban J connectivity index is 2.13. The molecule has 2 aromatic rings. The summed E-state index contributed by atoms with van der Waals surface area (Å²) >= 11 is 8.72. The van der Waals surface area contributed by atoms with Gasteiger partial charge in [0.15, 0.2) is 0 Å². The van der Waals surface area contributed by atoms with E-state index in [1.165, 1.54) is 6.07 Å². The van der Waals surface area contributed by atoms with Gasteiger partial charge in [-0.1, -0.05) is 17.7 Å². The molecule has 1 N–H and O–H groups in total. The Morgan fingerprint density at radius 3 is 2.70 bits per heavy atom. The molecule has 1 atom stereocenters. The van der Waals surface area contributed by atoms with E-state index >= 15 is 0 Å². The van der Waals surface area contributed by atoms with Gasteiger partial charge < -0.3 is 9.84 Å². The summed E-state index contributed by atoms with van der Waals surface area (Å²) in [4.78, 5) is 0. The molecule has 2 rings (SSSR count). The van der Waals surface area contributed by atoms with Gasteiger partial charge in [0.25, 0.3) is 0 Å². The Hall–Kier alpha value is -1.17. The summed E-state index contributed by atoms with van der Waals surface area (Å²) in [6.45, 7) is -0.287. The van der Waals surface area contributed by atoms with Crippen LogP contribution in [0.3, 0.4) is 0 Å². The van der Waals surface area contributed by atoms with Gasteiger partial charge in [0.1, 0.15) is 30.1 Å². The van der Waals surface area contributed by atoms with Gasteiger partial charge in [-0.2, -0.15) is 0 Å². The average Bonchev–Trinajstić information content (AvgIpc) is 2.41. The van der Waals surface area contributed by atoms with E-state index in [4.69, 9.17) is 16.3 Å². The maximum Gasteiger partial charge on any atom is 0.146 e. The highest BCUT2D eigenvalue weighted by Crippen LogP contribution is 2.27. The first-order chi connectivity index (χ1) is 9.49. The molecule has 6 heteroatoms. The fourth-order valence-electron chi connectivity index (χ4n) is 1.66. The number of aliphatic hydroxyl groups excluding tert-OH is 1. The number of hydrogen-bond donors (Lipinski definition) is 1. The van der Waals surface area contributed by atoms with Crippen molar-refractivity contribution in [2.75, 3.05) is 6.61 Å². The zero-order valence-corrected chi connectivity index (χ0v) is 12.5. The van der Waals surface area contributed by atoms with Crippen molar-refractivity contribution in [2.45, 2.75) is 6.10 Å². The maximum absolute atomic E-state index is 13.8. The number of hydrogen-bond acceptors (Lipinski definition) is 2. The molecule has 0 fully saturated rings. The van der Waals surface area contributed by atoms with Gasteiger partial charge in [-0.3, -0.25) is 0 Å². The number of halogens is 4. The summed E-state index contributed by atoms with van der Waals surface area (Å²) in [5.74, 6) is -1.26. The van der Waals surface area contributed by atoms with Gasteiger partial charge in [-0.15, -0.1) is 0 Å². The second kappa shape index (κ2) is 6.52. The fraction of sp³-hybridized carbons (Fsp3) is 0.143. The van der Waals surface area contributed by atoms with Crippen LogP contribution in [0.2, 0.25) is 5.02 Å². The summed E-state index contributed by atoms with van der Waals surface area (Å²) in [5.41, 5.74) is -0.429. The van der Waals surface area contributed by atoms with Crippen LogP contribution < -0.4 is 4.74 Å². The molecule has 0 saturated heterocycles. The molecule has 1 unspecified atom stereocenters. The first-order valence-electron chi connectivity index (χ1n) is 5.69. The summed E-state index contributed by atoms with van der Waals surface area (Å²) in [5, 5.41) is 10.3. The lowest BCUT2D eigenvalue weighted by Crippen LogP contribution is -2.13. The molecule has 0 amide bonds. The highest BCUT2D eigenvalue weighted by Gasteiger charge is 2.20. The Morgan fingerprint density at radius 2 is 2.00 bits per heavy atom. The summed E-state index contributed by atoms with van der Waals surface area (Å²) < 4.78 is 32.7. The predicted octanol–water partition coefficient (Wildman–Crippen LogP) is 4.49. The van der Waals surface area contributed by atoms with E-state index in [9.17, 15) is 13.9 Å². The largest absolute Gasteiger partial charge is 0.490 e. The van der Waals surface area contributed by atoms with Crippen molar-refractivity contribution in [3.8, 4) is 5.75 Å². The van der Waals surface area contributed by atoms with Gasteiger partial charge in [0.2, 0.25) is 0 Å². The van der Waals surface area contributed by atoms with Crippen molar-refractivity contribution in [1.29, 1.82) is 0 Å². The Morgan fingerprint density at radius 1 is 1.25 bits per heavy atom. The summed E-state index contributed by atoms with van der Waals surface area (Å²) in [7, 11) is 0. The molecule has 0 aromatic heterocycles. The van der Waals surface area contributed by atoms with Crippen LogP contribution in [0.5, 0.6) is 5.75 Å². The zero-order valence-electron chi connectivity index (χ0n) is 10.1. The van der Waals surface area contributed by atoms with Gasteiger partial charge in [-0.25, -0.2) is 8.78 Å². The van der Waals surface area contributed by atoms with Gasteiger partial charge in [0.05, 0.1) is 10.0 Å². The van der Waals surface area contributed by atoms with E-state index in [0.29, 0.717) is 10.8 Å². The third-order valence-corrected chi connectivity index (χ3v) is 3.46. The van der Waals surface area contributed by atoms with Crippen LogP contribution in [0.25, 0.3) is 0 Å². The van der Waals surface area contributed by atoms with Crippen LogP contribution in [0.1, 0.15) is 11.7 Å². The van der Waals surface area contributed by atoms with Crippen LogP contribution in [-0.2, 0) is 0 Å². The molecule has 0 aliphatic rings. The molecule has 2 nitrogen and oxygen atoms in total. The molecule has 0 radical (unpaired) electrons. The molecule has 0 aliphatic carbocycles. The highest BCUT2D eigenvalue weighted by molar-refractivity contribution is 9.10. The molecular formula is C14H10BrClF2O2. The molecule has 0 saturated carbocycles. The predicted molar refractivity (Wildman–Crippen MR) is 76.0 cm³/mol. The third kappa shape index (κ3) is 3.48. The second-order valence-corrected chi connectivity index (χ2v) is 5.33. The van der Waals surface area contributed by atoms with Crippen molar-refractivity contribution in [3.05, 3.63) is 63.1 Å². The van der Waals surface area contributed by atoms with Crippen LogP contribution in [0, 0.1) is 11.6 Å². The van der Waals surface area contributed by atoms with E-state index in [1.807, 2.05) is 0 Å². The molecule has 20 heavy (non-hydrogen) atoms. The van der Waals surface area contributed by atoms with E-state index in [1.54, 1.807) is 24.3 Å². The first kappa shape index (κ1) is 15.2. The lowest BCUT2D eigenvalue weighted by molar-refractivity contribution is 0.101. The standard InChI is InChI=1S/C14H10BrClF2O2/c15-10-4-5-11(17)13(14(10)18)12(19)7-20-9-3-1-2-8(16)6-9/h1-6,12,19H,7H2. The minimum atomic E-state index is -1.42. The van der Waals surface area contributed by atoms with Crippen molar-refractivity contribution in [2.24, 2.45) is 0 Å². The summed E-state index contributed by atoms with van der Waals surface area (Å²) in [6.07, 6.45) is -1.42. The SMILES string of the molecule is OC(COc1cccc(Cl)c1)c1c(F)ccc(Br)c1F. The lowest BCUT2D eigenvalue weighted by Gasteiger charge is -2.15. The molecule has 0 spiro atoms. The second-order valence-electron chi connectivity index (χ2n) is 4.04. The number of ether oxygens (including phenoxy) is 1. The zero-order chi connectivity index (χ0) is 14.7. The topological polar surface area (TPSA) is 29.5 Å². The van der Waals surface area contributed by atoms with Crippen LogP contribution >= 0.6 is 27.5 Å². The van der Waals surface area contributed by atoms with Gasteiger partial charge in [-0.05, 0) is 46.3 Å². The highest BCUT2D eigenvalue weighted by atomic mass is 79.9. The smallest absolute Gasteiger partial charge is 0.146 e. The van der Waals surface area contributed by atoms with E-state index < -0.39 is 23.3 Å². The van der Waals surface area contributed by atoms with Gasteiger partial charge >= 0.3 is 0 Å². The minimum absolute atomic E-state index is 0.0794. The van der Waals surface area contributed by atoms with E-state index in [0.717, 1.165) is 6.07 Å². The average molecular weight is 364 g/mol.